The van der Waals surface area contributed by atoms with Crippen molar-refractivity contribution in [3.8, 4) is 11.8 Å². The standard InChI is InChI=1S/C18H16N4OS/c1-23-12-17-20-21-18(22(17)16-5-3-2-4-6-16)24-13-15-9-7-14(11-19)8-10-15/h2-10H,12-13H2,1H3. The Hall–Kier alpha value is -2.62. The van der Waals surface area contributed by atoms with Crippen LogP contribution in [0, 0.1) is 11.3 Å². The van der Waals surface area contributed by atoms with Crippen LogP contribution < -0.4 is 0 Å². The van der Waals surface area contributed by atoms with Crippen molar-refractivity contribution in [2.24, 2.45) is 0 Å². The largest absolute Gasteiger partial charge is 0.377 e. The van der Waals surface area contributed by atoms with Crippen LogP contribution in [-0.4, -0.2) is 21.9 Å². The number of methoxy groups -OCH3 is 1. The fraction of sp³-hybridized carbons (Fsp3) is 0.167. The van der Waals surface area contributed by atoms with E-state index in [1.54, 1.807) is 18.9 Å². The predicted molar refractivity (Wildman–Crippen MR) is 92.8 cm³/mol. The molecule has 0 amide bonds. The number of ether oxygens (including phenoxy) is 1. The summed E-state index contributed by atoms with van der Waals surface area (Å²) in [4.78, 5) is 0. The highest BCUT2D eigenvalue weighted by Crippen LogP contribution is 2.25. The maximum absolute atomic E-state index is 8.86. The van der Waals surface area contributed by atoms with Crippen LogP contribution in [0.4, 0.5) is 0 Å². The Morgan fingerprint density at radius 1 is 1.08 bits per heavy atom. The van der Waals surface area contributed by atoms with Crippen molar-refractivity contribution >= 4 is 11.8 Å². The lowest BCUT2D eigenvalue weighted by Gasteiger charge is -2.09. The van der Waals surface area contributed by atoms with Crippen molar-refractivity contribution in [3.63, 3.8) is 0 Å². The zero-order chi connectivity index (χ0) is 16.8. The van der Waals surface area contributed by atoms with E-state index in [2.05, 4.69) is 16.3 Å². The van der Waals surface area contributed by atoms with Crippen LogP contribution in [0.5, 0.6) is 0 Å². The Labute approximate surface area is 144 Å². The fourth-order valence-electron chi connectivity index (χ4n) is 2.28. The van der Waals surface area contributed by atoms with Crippen molar-refractivity contribution in [3.05, 3.63) is 71.5 Å². The molecule has 0 radical (unpaired) electrons. The second kappa shape index (κ2) is 7.77. The highest BCUT2D eigenvalue weighted by molar-refractivity contribution is 7.98. The van der Waals surface area contributed by atoms with Gasteiger partial charge < -0.3 is 4.74 Å². The summed E-state index contributed by atoms with van der Waals surface area (Å²) in [6, 6.07) is 19.7. The molecule has 0 atom stereocenters. The Balaban J connectivity index is 1.83. The van der Waals surface area contributed by atoms with Gasteiger partial charge in [0.25, 0.3) is 0 Å². The van der Waals surface area contributed by atoms with Crippen LogP contribution in [0.15, 0.2) is 59.8 Å². The number of hydrogen-bond acceptors (Lipinski definition) is 5. The third kappa shape index (κ3) is 3.65. The maximum atomic E-state index is 8.86. The number of thioether (sulfide) groups is 1. The van der Waals surface area contributed by atoms with Gasteiger partial charge in [-0.05, 0) is 29.8 Å². The molecule has 0 bridgehead atoms. The molecule has 0 aliphatic rings. The Kier molecular flexibility index (Phi) is 5.26. The van der Waals surface area contributed by atoms with Crippen molar-refractivity contribution < 1.29 is 4.74 Å². The van der Waals surface area contributed by atoms with Crippen LogP contribution in [0.3, 0.4) is 0 Å². The first-order valence-electron chi connectivity index (χ1n) is 7.42. The topological polar surface area (TPSA) is 63.7 Å². The number of aromatic nitrogens is 3. The van der Waals surface area contributed by atoms with Gasteiger partial charge in [-0.25, -0.2) is 0 Å². The molecule has 1 aromatic heterocycles. The molecule has 3 rings (SSSR count). The SMILES string of the molecule is COCc1nnc(SCc2ccc(C#N)cc2)n1-c1ccccc1. The molecule has 0 saturated carbocycles. The number of nitrogens with zero attached hydrogens (tertiary/aromatic N) is 4. The zero-order valence-electron chi connectivity index (χ0n) is 13.2. The summed E-state index contributed by atoms with van der Waals surface area (Å²) in [5.74, 6) is 1.52. The quantitative estimate of drug-likeness (QED) is 0.644. The highest BCUT2D eigenvalue weighted by atomic mass is 32.2. The van der Waals surface area contributed by atoms with Crippen LogP contribution in [-0.2, 0) is 17.1 Å². The van der Waals surface area contributed by atoms with Crippen LogP contribution in [0.25, 0.3) is 5.69 Å². The molecule has 0 spiro atoms. The van der Waals surface area contributed by atoms with Crippen molar-refractivity contribution in [2.75, 3.05) is 7.11 Å². The molecule has 5 nitrogen and oxygen atoms in total. The van der Waals surface area contributed by atoms with Crippen molar-refractivity contribution in [1.29, 1.82) is 5.26 Å². The Bertz CT molecular complexity index is 838. The van der Waals surface area contributed by atoms with E-state index in [0.29, 0.717) is 12.2 Å². The van der Waals surface area contributed by atoms with Crippen LogP contribution >= 0.6 is 11.8 Å². The second-order valence-corrected chi connectivity index (χ2v) is 6.04. The average Bonchev–Trinajstić information content (AvgIpc) is 3.04. The van der Waals surface area contributed by atoms with E-state index in [1.807, 2.05) is 59.2 Å². The predicted octanol–water partition coefficient (Wildman–Crippen LogP) is 3.58. The third-order valence-corrected chi connectivity index (χ3v) is 4.44. The van der Waals surface area contributed by atoms with Gasteiger partial charge in [-0.3, -0.25) is 4.57 Å². The first-order valence-corrected chi connectivity index (χ1v) is 8.41. The molecule has 0 fully saturated rings. The number of para-hydroxylation sites is 1. The summed E-state index contributed by atoms with van der Waals surface area (Å²) in [7, 11) is 1.65. The first kappa shape index (κ1) is 16.2. The van der Waals surface area contributed by atoms with E-state index in [-0.39, 0.29) is 0 Å². The zero-order valence-corrected chi connectivity index (χ0v) is 14.0. The van der Waals surface area contributed by atoms with Gasteiger partial charge in [0.2, 0.25) is 0 Å². The molecule has 24 heavy (non-hydrogen) atoms. The summed E-state index contributed by atoms with van der Waals surface area (Å²) in [6.07, 6.45) is 0. The van der Waals surface area contributed by atoms with E-state index in [4.69, 9.17) is 10.00 Å². The van der Waals surface area contributed by atoms with Gasteiger partial charge in [-0.1, -0.05) is 42.1 Å². The molecular formula is C18H16N4OS. The molecule has 0 saturated heterocycles. The van der Waals surface area contributed by atoms with Gasteiger partial charge in [-0.2, -0.15) is 5.26 Å². The fourth-order valence-corrected chi connectivity index (χ4v) is 3.20. The lowest BCUT2D eigenvalue weighted by Crippen LogP contribution is -2.03. The van der Waals surface area contributed by atoms with Crippen LogP contribution in [0.2, 0.25) is 0 Å². The van der Waals surface area contributed by atoms with Gasteiger partial charge in [-0.15, -0.1) is 10.2 Å². The third-order valence-electron chi connectivity index (χ3n) is 3.44. The molecule has 0 aliphatic carbocycles. The molecule has 120 valence electrons. The van der Waals surface area contributed by atoms with E-state index >= 15 is 0 Å². The molecule has 0 aliphatic heterocycles. The smallest absolute Gasteiger partial charge is 0.196 e. The van der Waals surface area contributed by atoms with Gasteiger partial charge in [0, 0.05) is 18.6 Å². The van der Waals surface area contributed by atoms with Crippen molar-refractivity contribution in [2.45, 2.75) is 17.5 Å². The number of nitriles is 1. The van der Waals surface area contributed by atoms with Crippen LogP contribution in [0.1, 0.15) is 17.0 Å². The summed E-state index contributed by atoms with van der Waals surface area (Å²) in [5.41, 5.74) is 2.81. The normalized spacial score (nSPS) is 10.5. The Morgan fingerprint density at radius 2 is 1.83 bits per heavy atom. The minimum absolute atomic E-state index is 0.402. The van der Waals surface area contributed by atoms with E-state index in [1.165, 1.54) is 0 Å². The molecule has 6 heteroatoms. The number of hydrogen-bond donors (Lipinski definition) is 0. The summed E-state index contributed by atoms with van der Waals surface area (Å²) in [5, 5.41) is 18.2. The molecule has 0 N–H and O–H groups in total. The molecular weight excluding hydrogens is 320 g/mol. The minimum Gasteiger partial charge on any atom is -0.377 e. The first-order chi connectivity index (χ1) is 11.8. The lowest BCUT2D eigenvalue weighted by molar-refractivity contribution is 0.176. The van der Waals surface area contributed by atoms with E-state index < -0.39 is 0 Å². The number of benzene rings is 2. The maximum Gasteiger partial charge on any atom is 0.196 e. The average molecular weight is 336 g/mol. The Morgan fingerprint density at radius 3 is 2.50 bits per heavy atom. The number of rotatable bonds is 6. The monoisotopic (exact) mass is 336 g/mol. The van der Waals surface area contributed by atoms with Crippen molar-refractivity contribution in [1.82, 2.24) is 14.8 Å². The lowest BCUT2D eigenvalue weighted by atomic mass is 10.2. The highest BCUT2D eigenvalue weighted by Gasteiger charge is 2.14. The molecule has 3 aromatic rings. The summed E-state index contributed by atoms with van der Waals surface area (Å²) in [6.45, 7) is 0.402. The summed E-state index contributed by atoms with van der Waals surface area (Å²) < 4.78 is 7.24. The van der Waals surface area contributed by atoms with Gasteiger partial charge >= 0.3 is 0 Å². The van der Waals surface area contributed by atoms with Gasteiger partial charge in [0.15, 0.2) is 11.0 Å². The minimum atomic E-state index is 0.402. The van der Waals surface area contributed by atoms with Gasteiger partial charge in [0.1, 0.15) is 6.61 Å². The van der Waals surface area contributed by atoms with Gasteiger partial charge in [0.05, 0.1) is 11.6 Å². The molecule has 1 heterocycles. The molecule has 0 unspecified atom stereocenters. The van der Waals surface area contributed by atoms with E-state index in [0.717, 1.165) is 28.0 Å². The van der Waals surface area contributed by atoms with E-state index in [9.17, 15) is 0 Å². The summed E-state index contributed by atoms with van der Waals surface area (Å²) >= 11 is 1.61. The molecule has 2 aromatic carbocycles. The second-order valence-electron chi connectivity index (χ2n) is 5.10.